The second-order valence-corrected chi connectivity index (χ2v) is 7.70. The van der Waals surface area contributed by atoms with Crippen LogP contribution in [0.25, 0.3) is 0 Å². The summed E-state index contributed by atoms with van der Waals surface area (Å²) in [5, 5.41) is 0. The molecule has 21 heavy (non-hydrogen) atoms. The number of hydrogen-bond donors (Lipinski definition) is 2. The molecule has 0 fully saturated rings. The van der Waals surface area contributed by atoms with E-state index in [0.29, 0.717) is 23.9 Å². The first kappa shape index (κ1) is 18.1. The first-order valence-electron chi connectivity index (χ1n) is 7.17. The van der Waals surface area contributed by atoms with Gasteiger partial charge in [-0.05, 0) is 35.4 Å². The van der Waals surface area contributed by atoms with E-state index in [0.717, 1.165) is 6.07 Å². The fourth-order valence-electron chi connectivity index (χ4n) is 2.47. The van der Waals surface area contributed by atoms with Crippen molar-refractivity contribution >= 4 is 10.0 Å². The normalized spacial score (nSPS) is 12.6. The molecular weight excluding hydrogens is 291 g/mol. The van der Waals surface area contributed by atoms with E-state index in [9.17, 15) is 12.8 Å². The summed E-state index contributed by atoms with van der Waals surface area (Å²) in [4.78, 5) is -0.0729. The Kier molecular flexibility index (Phi) is 6.31. The van der Waals surface area contributed by atoms with E-state index >= 15 is 0 Å². The summed E-state index contributed by atoms with van der Waals surface area (Å²) in [6.45, 7) is 8.63. The highest BCUT2D eigenvalue weighted by atomic mass is 32.2. The van der Waals surface area contributed by atoms with Crippen molar-refractivity contribution in [3.8, 4) is 0 Å². The largest absolute Gasteiger partial charge is 0.326 e. The van der Waals surface area contributed by atoms with Gasteiger partial charge in [0.2, 0.25) is 10.0 Å². The molecule has 0 aliphatic heterocycles. The molecule has 4 nitrogen and oxygen atoms in total. The molecule has 0 radical (unpaired) electrons. The zero-order chi connectivity index (χ0) is 16.2. The lowest BCUT2D eigenvalue weighted by Crippen LogP contribution is -2.34. The Hall–Kier alpha value is -0.980. The van der Waals surface area contributed by atoms with Crippen molar-refractivity contribution in [2.24, 2.45) is 23.5 Å². The molecule has 1 aromatic carbocycles. The lowest BCUT2D eigenvalue weighted by Gasteiger charge is -2.25. The Labute approximate surface area is 127 Å². The van der Waals surface area contributed by atoms with E-state index in [1.165, 1.54) is 12.1 Å². The summed E-state index contributed by atoms with van der Waals surface area (Å²) < 4.78 is 40.7. The SMILES string of the molecule is CC(C)C(CNS(=O)(=O)c1cc(F)ccc1CN)C(C)C. The van der Waals surface area contributed by atoms with E-state index in [1.807, 2.05) is 0 Å². The molecule has 0 unspecified atom stereocenters. The van der Waals surface area contributed by atoms with Crippen molar-refractivity contribution in [1.82, 2.24) is 4.72 Å². The third-order valence-electron chi connectivity index (χ3n) is 3.76. The first-order chi connectivity index (χ1) is 9.69. The van der Waals surface area contributed by atoms with Crippen molar-refractivity contribution in [3.05, 3.63) is 29.6 Å². The monoisotopic (exact) mass is 316 g/mol. The van der Waals surface area contributed by atoms with Crippen LogP contribution >= 0.6 is 0 Å². The van der Waals surface area contributed by atoms with Crippen LogP contribution in [0.5, 0.6) is 0 Å². The van der Waals surface area contributed by atoms with Crippen molar-refractivity contribution in [2.45, 2.75) is 39.1 Å². The number of sulfonamides is 1. The number of nitrogens with one attached hydrogen (secondary N) is 1. The van der Waals surface area contributed by atoms with Gasteiger partial charge in [0, 0.05) is 13.1 Å². The van der Waals surface area contributed by atoms with Crippen molar-refractivity contribution in [1.29, 1.82) is 0 Å². The van der Waals surface area contributed by atoms with Gasteiger partial charge in [0.05, 0.1) is 4.90 Å². The van der Waals surface area contributed by atoms with Gasteiger partial charge in [-0.15, -0.1) is 0 Å². The van der Waals surface area contributed by atoms with E-state index < -0.39 is 15.8 Å². The lowest BCUT2D eigenvalue weighted by molar-refractivity contribution is 0.289. The third kappa shape index (κ3) is 4.76. The van der Waals surface area contributed by atoms with Crippen molar-refractivity contribution in [3.63, 3.8) is 0 Å². The molecule has 0 heterocycles. The zero-order valence-electron chi connectivity index (χ0n) is 13.1. The minimum Gasteiger partial charge on any atom is -0.326 e. The number of rotatable bonds is 7. The molecule has 1 rings (SSSR count). The van der Waals surface area contributed by atoms with Crippen molar-refractivity contribution in [2.75, 3.05) is 6.54 Å². The number of halogens is 1. The van der Waals surface area contributed by atoms with Gasteiger partial charge in [0.1, 0.15) is 5.82 Å². The molecule has 0 bridgehead atoms. The Morgan fingerprint density at radius 2 is 1.76 bits per heavy atom. The van der Waals surface area contributed by atoms with Gasteiger partial charge in [-0.3, -0.25) is 0 Å². The van der Waals surface area contributed by atoms with Gasteiger partial charge >= 0.3 is 0 Å². The number of hydrogen-bond acceptors (Lipinski definition) is 3. The fourth-order valence-corrected chi connectivity index (χ4v) is 3.80. The molecule has 0 saturated heterocycles. The molecule has 0 saturated carbocycles. The zero-order valence-corrected chi connectivity index (χ0v) is 13.9. The average Bonchev–Trinajstić information content (AvgIpc) is 2.37. The van der Waals surface area contributed by atoms with Crippen LogP contribution in [-0.2, 0) is 16.6 Å². The van der Waals surface area contributed by atoms with Gasteiger partial charge in [0.25, 0.3) is 0 Å². The summed E-state index contributed by atoms with van der Waals surface area (Å²) in [7, 11) is -3.76. The topological polar surface area (TPSA) is 72.2 Å². The fraction of sp³-hybridized carbons (Fsp3) is 0.600. The summed E-state index contributed by atoms with van der Waals surface area (Å²) in [6.07, 6.45) is 0. The van der Waals surface area contributed by atoms with Gasteiger partial charge in [-0.25, -0.2) is 17.5 Å². The van der Waals surface area contributed by atoms with Gasteiger partial charge in [-0.1, -0.05) is 33.8 Å². The molecular formula is C15H25FN2O2S. The Morgan fingerprint density at radius 3 is 2.24 bits per heavy atom. The molecule has 1 aromatic rings. The maximum Gasteiger partial charge on any atom is 0.241 e. The predicted octanol–water partition coefficient (Wildman–Crippen LogP) is 2.49. The molecule has 0 amide bonds. The lowest BCUT2D eigenvalue weighted by atomic mass is 9.86. The molecule has 0 aromatic heterocycles. The molecule has 0 atom stereocenters. The Morgan fingerprint density at radius 1 is 1.19 bits per heavy atom. The summed E-state index contributed by atoms with van der Waals surface area (Å²) in [6, 6.07) is 3.64. The van der Waals surface area contributed by atoms with Crippen LogP contribution < -0.4 is 10.5 Å². The Bertz CT molecular complexity index is 563. The second-order valence-electron chi connectivity index (χ2n) is 5.96. The van der Waals surface area contributed by atoms with E-state index in [-0.39, 0.29) is 17.4 Å². The highest BCUT2D eigenvalue weighted by Crippen LogP contribution is 2.21. The average molecular weight is 316 g/mol. The minimum atomic E-state index is -3.76. The Balaban J connectivity index is 2.99. The molecule has 120 valence electrons. The van der Waals surface area contributed by atoms with Crippen LogP contribution in [0.3, 0.4) is 0 Å². The standard InChI is InChI=1S/C15H25FN2O2S/c1-10(2)14(11(3)4)9-18-21(19,20)15-7-13(16)6-5-12(15)8-17/h5-7,10-11,14,18H,8-9,17H2,1-4H3. The maximum atomic E-state index is 13.3. The number of nitrogens with two attached hydrogens (primary N) is 1. The van der Waals surface area contributed by atoms with Crippen LogP contribution in [0.2, 0.25) is 0 Å². The van der Waals surface area contributed by atoms with Crippen LogP contribution in [0.15, 0.2) is 23.1 Å². The van der Waals surface area contributed by atoms with Crippen LogP contribution in [0, 0.1) is 23.6 Å². The van der Waals surface area contributed by atoms with E-state index in [2.05, 4.69) is 32.4 Å². The van der Waals surface area contributed by atoms with Crippen molar-refractivity contribution < 1.29 is 12.8 Å². The quantitative estimate of drug-likeness (QED) is 0.812. The summed E-state index contributed by atoms with van der Waals surface area (Å²) in [5.74, 6) is 0.342. The van der Waals surface area contributed by atoms with Crippen LogP contribution in [-0.4, -0.2) is 15.0 Å². The van der Waals surface area contributed by atoms with Gasteiger partial charge in [0.15, 0.2) is 0 Å². The molecule has 0 spiro atoms. The highest BCUT2D eigenvalue weighted by Gasteiger charge is 2.23. The summed E-state index contributed by atoms with van der Waals surface area (Å²) in [5.41, 5.74) is 5.95. The van der Waals surface area contributed by atoms with Gasteiger partial charge < -0.3 is 5.73 Å². The molecule has 6 heteroatoms. The molecule has 0 aliphatic rings. The van der Waals surface area contributed by atoms with Gasteiger partial charge in [-0.2, -0.15) is 0 Å². The van der Waals surface area contributed by atoms with Crippen LogP contribution in [0.4, 0.5) is 4.39 Å². The highest BCUT2D eigenvalue weighted by molar-refractivity contribution is 7.89. The smallest absolute Gasteiger partial charge is 0.241 e. The van der Waals surface area contributed by atoms with Crippen LogP contribution in [0.1, 0.15) is 33.3 Å². The second kappa shape index (κ2) is 7.33. The van der Waals surface area contributed by atoms with E-state index in [4.69, 9.17) is 5.73 Å². The molecule has 3 N–H and O–H groups in total. The maximum absolute atomic E-state index is 13.3. The first-order valence-corrected chi connectivity index (χ1v) is 8.65. The summed E-state index contributed by atoms with van der Waals surface area (Å²) >= 11 is 0. The predicted molar refractivity (Wildman–Crippen MR) is 82.6 cm³/mol. The number of benzene rings is 1. The minimum absolute atomic E-state index is 0.0499. The molecule has 0 aliphatic carbocycles. The van der Waals surface area contributed by atoms with E-state index in [1.54, 1.807) is 0 Å². The third-order valence-corrected chi connectivity index (χ3v) is 5.27.